The number of hydrogen-bond acceptors (Lipinski definition) is 5. The number of rotatable bonds is 2. The van der Waals surface area contributed by atoms with Gasteiger partial charge in [-0.2, -0.15) is 5.21 Å². The number of tetrazole rings is 1. The summed E-state index contributed by atoms with van der Waals surface area (Å²) < 4.78 is 0. The average Bonchev–Trinajstić information content (AvgIpc) is 3.28. The van der Waals surface area contributed by atoms with Crippen molar-refractivity contribution in [2.24, 2.45) is 0 Å². The third kappa shape index (κ3) is 2.24. The van der Waals surface area contributed by atoms with Crippen LogP contribution >= 0.6 is 11.3 Å². The topological polar surface area (TPSA) is 74.8 Å². The van der Waals surface area contributed by atoms with E-state index in [1.807, 2.05) is 11.4 Å². The number of H-pyrrole nitrogens is 1. The van der Waals surface area contributed by atoms with Gasteiger partial charge in [0, 0.05) is 17.5 Å². The van der Waals surface area contributed by atoms with Crippen LogP contribution in [0.1, 0.15) is 55.3 Å². The lowest BCUT2D eigenvalue weighted by Gasteiger charge is -2.41. The third-order valence-electron chi connectivity index (χ3n) is 5.04. The lowest BCUT2D eigenvalue weighted by molar-refractivity contribution is 0.0501. The predicted octanol–water partition coefficient (Wildman–Crippen LogP) is 2.87. The number of aromatic amines is 1. The molecule has 6 nitrogen and oxygen atoms in total. The molecule has 3 heterocycles. The van der Waals surface area contributed by atoms with Crippen molar-refractivity contribution in [3.63, 3.8) is 0 Å². The molecule has 1 saturated carbocycles. The van der Waals surface area contributed by atoms with Crippen LogP contribution in [0.2, 0.25) is 0 Å². The van der Waals surface area contributed by atoms with Gasteiger partial charge in [-0.15, -0.1) is 21.5 Å². The Hall–Kier alpha value is -1.76. The Morgan fingerprint density at radius 3 is 2.82 bits per heavy atom. The van der Waals surface area contributed by atoms with Gasteiger partial charge >= 0.3 is 0 Å². The van der Waals surface area contributed by atoms with E-state index in [4.69, 9.17) is 0 Å². The van der Waals surface area contributed by atoms with E-state index in [0.29, 0.717) is 5.82 Å². The lowest BCUT2D eigenvalue weighted by atomic mass is 9.79. The first-order valence-corrected chi connectivity index (χ1v) is 8.81. The Morgan fingerprint density at radius 2 is 2.05 bits per heavy atom. The molecule has 22 heavy (non-hydrogen) atoms. The molecule has 1 aliphatic carbocycles. The highest BCUT2D eigenvalue weighted by Gasteiger charge is 2.44. The number of aromatic nitrogens is 4. The summed E-state index contributed by atoms with van der Waals surface area (Å²) in [6, 6.07) is 1.90. The van der Waals surface area contributed by atoms with Crippen molar-refractivity contribution >= 4 is 17.2 Å². The fourth-order valence-corrected chi connectivity index (χ4v) is 4.78. The fourth-order valence-electron chi connectivity index (χ4n) is 3.97. The van der Waals surface area contributed by atoms with Crippen LogP contribution in [0.25, 0.3) is 10.7 Å². The zero-order chi connectivity index (χ0) is 15.0. The molecule has 0 unspecified atom stereocenters. The number of nitrogens with zero attached hydrogens (tertiary/aromatic N) is 4. The molecule has 7 heteroatoms. The molecule has 1 spiro atoms. The summed E-state index contributed by atoms with van der Waals surface area (Å²) in [6.07, 6.45) is 8.45. The Kier molecular flexibility index (Phi) is 3.44. The van der Waals surface area contributed by atoms with E-state index in [-0.39, 0.29) is 11.4 Å². The van der Waals surface area contributed by atoms with Crippen LogP contribution in [0.4, 0.5) is 0 Å². The van der Waals surface area contributed by atoms with Gasteiger partial charge < -0.3 is 4.90 Å². The largest absolute Gasteiger partial charge is 0.333 e. The SMILES string of the molecule is O=C(c1csc(-c2nn[nH]n2)c1)N1CCCC12CCCCC2. The Labute approximate surface area is 132 Å². The quantitative estimate of drug-likeness (QED) is 0.924. The molecule has 1 saturated heterocycles. The number of carbonyl (C=O) groups excluding carboxylic acids is 1. The second-order valence-corrected chi connectivity index (χ2v) is 7.19. The summed E-state index contributed by atoms with van der Waals surface area (Å²) in [6.45, 7) is 0.895. The predicted molar refractivity (Wildman–Crippen MR) is 83.6 cm³/mol. The summed E-state index contributed by atoms with van der Waals surface area (Å²) in [7, 11) is 0. The Balaban J connectivity index is 1.58. The smallest absolute Gasteiger partial charge is 0.255 e. The fraction of sp³-hybridized carbons (Fsp3) is 0.600. The van der Waals surface area contributed by atoms with E-state index in [1.165, 1.54) is 49.9 Å². The van der Waals surface area contributed by atoms with Crippen molar-refractivity contribution in [1.29, 1.82) is 0 Å². The normalized spacial score (nSPS) is 20.6. The second-order valence-electron chi connectivity index (χ2n) is 6.28. The van der Waals surface area contributed by atoms with Crippen LogP contribution in [0, 0.1) is 0 Å². The highest BCUT2D eigenvalue weighted by atomic mass is 32.1. The molecule has 0 atom stereocenters. The average molecular weight is 317 g/mol. The number of likely N-dealkylation sites (tertiary alicyclic amines) is 1. The van der Waals surface area contributed by atoms with Crippen molar-refractivity contribution in [3.8, 4) is 10.7 Å². The Bertz CT molecular complexity index is 659. The van der Waals surface area contributed by atoms with E-state index < -0.39 is 0 Å². The molecular weight excluding hydrogens is 298 g/mol. The van der Waals surface area contributed by atoms with Gasteiger partial charge in [-0.25, -0.2) is 0 Å². The van der Waals surface area contributed by atoms with Gasteiger partial charge in [-0.3, -0.25) is 4.79 Å². The molecule has 2 aliphatic rings. The van der Waals surface area contributed by atoms with Crippen LogP contribution < -0.4 is 0 Å². The number of amides is 1. The molecule has 2 aromatic rings. The maximum Gasteiger partial charge on any atom is 0.255 e. The van der Waals surface area contributed by atoms with E-state index in [1.54, 1.807) is 0 Å². The van der Waals surface area contributed by atoms with Crippen molar-refractivity contribution in [1.82, 2.24) is 25.5 Å². The van der Waals surface area contributed by atoms with Gasteiger partial charge in [0.25, 0.3) is 5.91 Å². The number of thiophene rings is 1. The number of hydrogen-bond donors (Lipinski definition) is 1. The van der Waals surface area contributed by atoms with Crippen LogP contribution in [0.15, 0.2) is 11.4 Å². The molecule has 1 amide bonds. The highest BCUT2D eigenvalue weighted by molar-refractivity contribution is 7.13. The summed E-state index contributed by atoms with van der Waals surface area (Å²) in [5.41, 5.74) is 0.889. The minimum absolute atomic E-state index is 0.129. The first-order chi connectivity index (χ1) is 10.8. The third-order valence-corrected chi connectivity index (χ3v) is 5.96. The molecule has 4 rings (SSSR count). The molecule has 2 fully saturated rings. The van der Waals surface area contributed by atoms with E-state index in [9.17, 15) is 4.79 Å². The number of carbonyl (C=O) groups is 1. The van der Waals surface area contributed by atoms with Gasteiger partial charge in [0.1, 0.15) is 0 Å². The molecular formula is C15H19N5OS. The van der Waals surface area contributed by atoms with Gasteiger partial charge in [-0.1, -0.05) is 19.3 Å². The van der Waals surface area contributed by atoms with Crippen molar-refractivity contribution in [2.45, 2.75) is 50.5 Å². The van der Waals surface area contributed by atoms with Crippen molar-refractivity contribution in [3.05, 3.63) is 17.0 Å². The summed E-state index contributed by atoms with van der Waals surface area (Å²) in [4.78, 5) is 16.0. The molecule has 1 aliphatic heterocycles. The lowest BCUT2D eigenvalue weighted by Crippen LogP contribution is -2.48. The number of nitrogens with one attached hydrogen (secondary N) is 1. The standard InChI is InChI=1S/C15H19N5OS/c21-14(11-9-12(22-10-11)13-16-18-19-17-13)20-8-4-7-15(20)5-2-1-3-6-15/h9-10H,1-8H2,(H,16,17,18,19). The second kappa shape index (κ2) is 5.46. The first kappa shape index (κ1) is 13.9. The van der Waals surface area contributed by atoms with Gasteiger partial charge in [-0.05, 0) is 37.0 Å². The van der Waals surface area contributed by atoms with Crippen molar-refractivity contribution in [2.75, 3.05) is 6.54 Å². The van der Waals surface area contributed by atoms with Crippen LogP contribution in [-0.2, 0) is 0 Å². The monoisotopic (exact) mass is 317 g/mol. The van der Waals surface area contributed by atoms with Crippen LogP contribution in [-0.4, -0.2) is 43.5 Å². The first-order valence-electron chi connectivity index (χ1n) is 7.93. The van der Waals surface area contributed by atoms with E-state index in [0.717, 1.165) is 23.4 Å². The van der Waals surface area contributed by atoms with E-state index in [2.05, 4.69) is 25.5 Å². The molecule has 2 aromatic heterocycles. The molecule has 0 radical (unpaired) electrons. The summed E-state index contributed by atoms with van der Waals surface area (Å²) >= 11 is 1.50. The Morgan fingerprint density at radius 1 is 1.23 bits per heavy atom. The molecule has 1 N–H and O–H groups in total. The van der Waals surface area contributed by atoms with E-state index >= 15 is 0 Å². The van der Waals surface area contributed by atoms with Crippen LogP contribution in [0.3, 0.4) is 0 Å². The van der Waals surface area contributed by atoms with Gasteiger partial charge in [0.2, 0.25) is 5.82 Å². The summed E-state index contributed by atoms with van der Waals surface area (Å²) in [5, 5.41) is 15.9. The zero-order valence-corrected chi connectivity index (χ0v) is 13.2. The molecule has 0 aromatic carbocycles. The van der Waals surface area contributed by atoms with Gasteiger partial charge in [0.15, 0.2) is 0 Å². The maximum absolute atomic E-state index is 13.0. The minimum atomic E-state index is 0.129. The maximum atomic E-state index is 13.0. The highest BCUT2D eigenvalue weighted by Crippen LogP contribution is 2.42. The zero-order valence-electron chi connectivity index (χ0n) is 12.4. The van der Waals surface area contributed by atoms with Gasteiger partial charge in [0.05, 0.1) is 10.4 Å². The molecule has 116 valence electrons. The molecule has 0 bridgehead atoms. The summed E-state index contributed by atoms with van der Waals surface area (Å²) in [5.74, 6) is 0.725. The van der Waals surface area contributed by atoms with Crippen LogP contribution in [0.5, 0.6) is 0 Å². The van der Waals surface area contributed by atoms with Crippen molar-refractivity contribution < 1.29 is 4.79 Å². The minimum Gasteiger partial charge on any atom is -0.333 e.